The van der Waals surface area contributed by atoms with Crippen molar-refractivity contribution < 1.29 is 23.9 Å². The summed E-state index contributed by atoms with van der Waals surface area (Å²) in [7, 11) is 1.57. The molecule has 1 aliphatic heterocycles. The molecule has 1 unspecified atom stereocenters. The van der Waals surface area contributed by atoms with E-state index in [2.05, 4.69) is 15.6 Å². The molecule has 2 heterocycles. The molecular weight excluding hydrogens is 460 g/mol. The van der Waals surface area contributed by atoms with Crippen LogP contribution in [0.5, 0.6) is 5.75 Å². The molecule has 1 aromatic carbocycles. The number of H-pyrrole nitrogens is 1. The van der Waals surface area contributed by atoms with Gasteiger partial charge < -0.3 is 30.0 Å². The number of aldehydes is 1. The fraction of sp³-hybridized carbons (Fsp3) is 0.556. The molecule has 3 N–H and O–H groups in total. The largest absolute Gasteiger partial charge is 0.496 e. The number of carbonyl (C=O) groups is 4. The van der Waals surface area contributed by atoms with Crippen LogP contribution < -0.4 is 15.4 Å². The summed E-state index contributed by atoms with van der Waals surface area (Å²) in [5.41, 5.74) is -0.110. The van der Waals surface area contributed by atoms with Crippen molar-refractivity contribution in [2.75, 3.05) is 13.7 Å². The number of amides is 3. The number of ether oxygens (including phenoxy) is 1. The second kappa shape index (κ2) is 9.95. The molecule has 9 nitrogen and oxygen atoms in total. The summed E-state index contributed by atoms with van der Waals surface area (Å²) in [5, 5.41) is 6.37. The van der Waals surface area contributed by atoms with Gasteiger partial charge in [0.25, 0.3) is 5.91 Å². The van der Waals surface area contributed by atoms with E-state index in [4.69, 9.17) is 4.74 Å². The van der Waals surface area contributed by atoms with Crippen LogP contribution >= 0.6 is 0 Å². The van der Waals surface area contributed by atoms with Crippen LogP contribution in [0.25, 0.3) is 10.9 Å². The molecule has 0 saturated carbocycles. The molecule has 3 amide bonds. The van der Waals surface area contributed by atoms with Crippen molar-refractivity contribution in [1.29, 1.82) is 0 Å². The standard InChI is InChI=1S/C27H38N4O5/c1-15-13-31(22(27(15,6)7)24(34)28-16(2)14-32)25(35)21(26(3,4)5)30-23(33)19-12-17-18(29-19)10-9-11-20(17)36-8/h9-12,14-16,21-22,29H,13H2,1-8H3,(H,28,34)(H,30,33)/t15-,16?,21-,22-/m1/s1. The van der Waals surface area contributed by atoms with E-state index in [0.717, 1.165) is 10.9 Å². The monoisotopic (exact) mass is 498 g/mol. The van der Waals surface area contributed by atoms with Crippen molar-refractivity contribution in [1.82, 2.24) is 20.5 Å². The Kier molecular flexibility index (Phi) is 7.53. The number of fused-ring (bicyclic) bond motifs is 1. The Morgan fingerprint density at radius 3 is 2.47 bits per heavy atom. The first-order valence-electron chi connectivity index (χ1n) is 12.2. The Labute approximate surface area is 212 Å². The summed E-state index contributed by atoms with van der Waals surface area (Å²) in [5.74, 6) is -0.470. The number of aromatic nitrogens is 1. The molecule has 1 saturated heterocycles. The second-order valence-corrected chi connectivity index (χ2v) is 11.4. The lowest BCUT2D eigenvalue weighted by atomic mass is 9.77. The number of nitrogens with zero attached hydrogens (tertiary/aromatic N) is 1. The van der Waals surface area contributed by atoms with E-state index in [1.165, 1.54) is 0 Å². The zero-order valence-corrected chi connectivity index (χ0v) is 22.4. The Morgan fingerprint density at radius 2 is 1.89 bits per heavy atom. The van der Waals surface area contributed by atoms with Gasteiger partial charge in [-0.25, -0.2) is 0 Å². The molecule has 36 heavy (non-hydrogen) atoms. The van der Waals surface area contributed by atoms with Gasteiger partial charge in [0.1, 0.15) is 29.8 Å². The van der Waals surface area contributed by atoms with Gasteiger partial charge >= 0.3 is 0 Å². The number of aromatic amines is 1. The highest BCUT2D eigenvalue weighted by Crippen LogP contribution is 2.42. The van der Waals surface area contributed by atoms with Crippen molar-refractivity contribution in [3.63, 3.8) is 0 Å². The van der Waals surface area contributed by atoms with Crippen LogP contribution in [0.1, 0.15) is 59.0 Å². The summed E-state index contributed by atoms with van der Waals surface area (Å²) in [6.07, 6.45) is 0.656. The average Bonchev–Trinajstić information content (AvgIpc) is 3.34. The van der Waals surface area contributed by atoms with E-state index in [-0.39, 0.29) is 17.7 Å². The first-order chi connectivity index (χ1) is 16.7. The Morgan fingerprint density at radius 1 is 1.22 bits per heavy atom. The molecule has 2 aromatic rings. The number of nitrogens with one attached hydrogen (secondary N) is 3. The van der Waals surface area contributed by atoms with Crippen LogP contribution in [0.3, 0.4) is 0 Å². The van der Waals surface area contributed by atoms with Gasteiger partial charge in [-0.1, -0.05) is 47.6 Å². The summed E-state index contributed by atoms with van der Waals surface area (Å²) in [6.45, 7) is 13.5. The predicted molar refractivity (Wildman–Crippen MR) is 138 cm³/mol. The molecule has 0 radical (unpaired) electrons. The first-order valence-corrected chi connectivity index (χ1v) is 12.2. The van der Waals surface area contributed by atoms with Gasteiger partial charge in [-0.05, 0) is 41.9 Å². The molecule has 1 aromatic heterocycles. The van der Waals surface area contributed by atoms with Gasteiger partial charge in [-0.2, -0.15) is 0 Å². The fourth-order valence-electron chi connectivity index (χ4n) is 4.79. The Hall–Kier alpha value is -3.36. The van der Waals surface area contributed by atoms with Gasteiger partial charge in [0.15, 0.2) is 0 Å². The zero-order chi connectivity index (χ0) is 27.0. The molecule has 9 heteroatoms. The van der Waals surface area contributed by atoms with Crippen LogP contribution in [0.2, 0.25) is 0 Å². The van der Waals surface area contributed by atoms with Gasteiger partial charge in [0.2, 0.25) is 11.8 Å². The van der Waals surface area contributed by atoms with E-state index in [9.17, 15) is 19.2 Å². The Bertz CT molecular complexity index is 1160. The van der Waals surface area contributed by atoms with Crippen LogP contribution in [-0.2, 0) is 14.4 Å². The van der Waals surface area contributed by atoms with Crippen LogP contribution in [0.15, 0.2) is 24.3 Å². The minimum atomic E-state index is -0.891. The average molecular weight is 499 g/mol. The topological polar surface area (TPSA) is 121 Å². The maximum absolute atomic E-state index is 14.0. The number of hydrogen-bond donors (Lipinski definition) is 3. The van der Waals surface area contributed by atoms with Crippen molar-refractivity contribution in [2.24, 2.45) is 16.7 Å². The normalized spacial score (nSPS) is 21.1. The Balaban J connectivity index is 1.92. The quantitative estimate of drug-likeness (QED) is 0.507. The van der Waals surface area contributed by atoms with E-state index in [0.29, 0.717) is 24.3 Å². The van der Waals surface area contributed by atoms with Crippen molar-refractivity contribution in [3.8, 4) is 5.75 Å². The summed E-state index contributed by atoms with van der Waals surface area (Å²) < 4.78 is 5.39. The van der Waals surface area contributed by atoms with Gasteiger partial charge in [-0.3, -0.25) is 14.4 Å². The second-order valence-electron chi connectivity index (χ2n) is 11.4. The van der Waals surface area contributed by atoms with Gasteiger partial charge in [0, 0.05) is 17.4 Å². The highest BCUT2D eigenvalue weighted by atomic mass is 16.5. The van der Waals surface area contributed by atoms with Crippen LogP contribution in [-0.4, -0.2) is 65.7 Å². The number of methoxy groups -OCH3 is 1. The zero-order valence-electron chi connectivity index (χ0n) is 22.4. The molecule has 0 aliphatic carbocycles. The number of rotatable bonds is 7. The van der Waals surface area contributed by atoms with Crippen molar-refractivity contribution in [2.45, 2.75) is 66.6 Å². The maximum Gasteiger partial charge on any atom is 0.268 e. The summed E-state index contributed by atoms with van der Waals surface area (Å²) in [4.78, 5) is 56.3. The third-order valence-corrected chi connectivity index (χ3v) is 7.34. The number of carbonyl (C=O) groups excluding carboxylic acids is 4. The highest BCUT2D eigenvalue weighted by molar-refractivity contribution is 6.02. The van der Waals surface area contributed by atoms with Crippen molar-refractivity contribution >= 4 is 34.9 Å². The molecule has 4 atom stereocenters. The van der Waals surface area contributed by atoms with Crippen molar-refractivity contribution in [3.05, 3.63) is 30.0 Å². The predicted octanol–water partition coefficient (Wildman–Crippen LogP) is 2.90. The number of benzene rings is 1. The molecule has 1 fully saturated rings. The van der Waals surface area contributed by atoms with E-state index in [1.807, 2.05) is 59.7 Å². The van der Waals surface area contributed by atoms with E-state index in [1.54, 1.807) is 25.0 Å². The molecule has 3 rings (SSSR count). The lowest BCUT2D eigenvalue weighted by molar-refractivity contribution is -0.144. The first kappa shape index (κ1) is 27.2. The minimum absolute atomic E-state index is 0.0289. The molecular formula is C27H38N4O5. The molecule has 196 valence electrons. The maximum atomic E-state index is 14.0. The summed E-state index contributed by atoms with van der Waals surface area (Å²) in [6, 6.07) is 4.85. The lowest BCUT2D eigenvalue weighted by Crippen LogP contribution is -2.60. The third kappa shape index (κ3) is 5.10. The minimum Gasteiger partial charge on any atom is -0.496 e. The van der Waals surface area contributed by atoms with E-state index < -0.39 is 34.9 Å². The van der Waals surface area contributed by atoms with Crippen LogP contribution in [0.4, 0.5) is 0 Å². The molecule has 1 aliphatic rings. The SMILES string of the molecule is COc1cccc2[nH]c(C(=O)N[C@H](C(=O)N3C[C@@H](C)C(C)(C)[C@H]3C(=O)NC(C)C=O)C(C)(C)C)cc12. The molecule has 0 bridgehead atoms. The van der Waals surface area contributed by atoms with Crippen LogP contribution in [0, 0.1) is 16.7 Å². The highest BCUT2D eigenvalue weighted by Gasteiger charge is 2.53. The number of likely N-dealkylation sites (tertiary alicyclic amines) is 1. The third-order valence-electron chi connectivity index (χ3n) is 7.34. The van der Waals surface area contributed by atoms with Gasteiger partial charge in [-0.15, -0.1) is 0 Å². The fourth-order valence-corrected chi connectivity index (χ4v) is 4.79. The number of hydrogen-bond acceptors (Lipinski definition) is 5. The molecule has 0 spiro atoms. The lowest BCUT2D eigenvalue weighted by Gasteiger charge is -2.38. The summed E-state index contributed by atoms with van der Waals surface area (Å²) >= 11 is 0. The smallest absolute Gasteiger partial charge is 0.268 e. The van der Waals surface area contributed by atoms with E-state index >= 15 is 0 Å². The van der Waals surface area contributed by atoms with Gasteiger partial charge in [0.05, 0.1) is 13.2 Å².